The summed E-state index contributed by atoms with van der Waals surface area (Å²) >= 11 is 0. The number of nitrogens with one attached hydrogen (secondary N) is 1. The van der Waals surface area contributed by atoms with E-state index in [2.05, 4.69) is 25.3 Å². The Bertz CT molecular complexity index is 1410. The van der Waals surface area contributed by atoms with Crippen LogP contribution >= 0.6 is 0 Å². The molecular weight excluding hydrogens is 513 g/mol. The van der Waals surface area contributed by atoms with Crippen LogP contribution in [0.4, 0.5) is 19.0 Å². The number of nitrogens with zero attached hydrogens (tertiary/aromatic N) is 6. The van der Waals surface area contributed by atoms with Crippen molar-refractivity contribution >= 4 is 17.6 Å². The topological polar surface area (TPSA) is 115 Å². The van der Waals surface area contributed by atoms with E-state index in [9.17, 15) is 22.8 Å². The van der Waals surface area contributed by atoms with Crippen LogP contribution in [0.5, 0.6) is 0 Å². The second-order valence-corrected chi connectivity index (χ2v) is 10.1. The number of hydrogen-bond donors (Lipinski definition) is 2. The summed E-state index contributed by atoms with van der Waals surface area (Å²) in [7, 11) is 0. The lowest BCUT2D eigenvalue weighted by Crippen LogP contribution is -2.47. The number of aromatic nitrogens is 4. The summed E-state index contributed by atoms with van der Waals surface area (Å²) < 4.78 is 40.1. The molecule has 39 heavy (non-hydrogen) atoms. The molecule has 1 aliphatic carbocycles. The summed E-state index contributed by atoms with van der Waals surface area (Å²) in [4.78, 5) is 30.2. The number of amides is 2. The maximum Gasteiger partial charge on any atom is 0.504 e. The largest absolute Gasteiger partial charge is 0.504 e. The Morgan fingerprint density at radius 2 is 1.82 bits per heavy atom. The number of piperidine rings is 1. The fourth-order valence-electron chi connectivity index (χ4n) is 4.85. The molecule has 3 aromatic rings. The minimum atomic E-state index is -4.56. The van der Waals surface area contributed by atoms with Crippen LogP contribution in [-0.2, 0) is 23.2 Å². The van der Waals surface area contributed by atoms with E-state index in [1.807, 2.05) is 12.1 Å². The van der Waals surface area contributed by atoms with Gasteiger partial charge in [0.15, 0.2) is 5.82 Å². The van der Waals surface area contributed by atoms with Crippen molar-refractivity contribution in [2.75, 3.05) is 25.0 Å². The van der Waals surface area contributed by atoms with Crippen molar-refractivity contribution in [3.05, 3.63) is 65.3 Å². The number of carbonyl (C=O) groups excluding carboxylic acids is 2. The van der Waals surface area contributed by atoms with E-state index in [4.69, 9.17) is 12.3 Å². The zero-order chi connectivity index (χ0) is 27.8. The molecule has 204 valence electrons. The first-order chi connectivity index (χ1) is 18.6. The number of anilines is 1. The number of rotatable bonds is 8. The SMILES string of the molecule is [C-]#[N+]CC1(n2cc(C(N)=O)c(NC(=O)C3CC3)n2)CCN(Cc2ccc(-c3ccn(C(F)(F)F)n3)cc2)CC1. The van der Waals surface area contributed by atoms with Gasteiger partial charge in [-0.3, -0.25) is 19.2 Å². The highest BCUT2D eigenvalue weighted by molar-refractivity contribution is 6.02. The third-order valence-corrected chi connectivity index (χ3v) is 7.32. The Balaban J connectivity index is 1.26. The molecule has 2 aromatic heterocycles. The van der Waals surface area contributed by atoms with Gasteiger partial charge in [-0.05, 0) is 37.3 Å². The van der Waals surface area contributed by atoms with Gasteiger partial charge in [0.25, 0.3) is 5.91 Å². The molecule has 0 radical (unpaired) electrons. The summed E-state index contributed by atoms with van der Waals surface area (Å²) in [5, 5.41) is 10.8. The minimum absolute atomic E-state index is 0.0185. The van der Waals surface area contributed by atoms with Gasteiger partial charge in [-0.15, -0.1) is 13.2 Å². The highest BCUT2D eigenvalue weighted by Gasteiger charge is 2.41. The van der Waals surface area contributed by atoms with Crippen molar-refractivity contribution in [1.82, 2.24) is 24.5 Å². The Morgan fingerprint density at radius 1 is 1.13 bits per heavy atom. The molecule has 1 saturated heterocycles. The molecule has 0 unspecified atom stereocenters. The summed E-state index contributed by atoms with van der Waals surface area (Å²) in [5.41, 5.74) is 6.84. The van der Waals surface area contributed by atoms with E-state index in [0.717, 1.165) is 24.6 Å². The van der Waals surface area contributed by atoms with Gasteiger partial charge in [-0.25, -0.2) is 6.57 Å². The first-order valence-corrected chi connectivity index (χ1v) is 12.6. The monoisotopic (exact) mass is 540 g/mol. The van der Waals surface area contributed by atoms with Gasteiger partial charge >= 0.3 is 6.30 Å². The van der Waals surface area contributed by atoms with Crippen molar-refractivity contribution in [3.63, 3.8) is 0 Å². The van der Waals surface area contributed by atoms with Crippen LogP contribution in [0.2, 0.25) is 0 Å². The molecule has 1 aromatic carbocycles. The molecule has 2 aliphatic rings. The van der Waals surface area contributed by atoms with E-state index in [1.54, 1.807) is 16.8 Å². The molecule has 2 amide bonds. The van der Waals surface area contributed by atoms with Crippen molar-refractivity contribution in [2.45, 2.75) is 44.1 Å². The Hall–Kier alpha value is -4.18. The second-order valence-electron chi connectivity index (χ2n) is 10.1. The number of likely N-dealkylation sites (tertiary alicyclic amines) is 1. The molecule has 13 heteroatoms. The lowest BCUT2D eigenvalue weighted by molar-refractivity contribution is -0.212. The highest BCUT2D eigenvalue weighted by atomic mass is 19.4. The van der Waals surface area contributed by atoms with Gasteiger partial charge in [-0.2, -0.15) is 14.9 Å². The zero-order valence-corrected chi connectivity index (χ0v) is 21.0. The smallest absolute Gasteiger partial charge is 0.365 e. The second kappa shape index (κ2) is 10.2. The summed E-state index contributed by atoms with van der Waals surface area (Å²) in [5.74, 6) is -0.818. The number of alkyl halides is 3. The van der Waals surface area contributed by atoms with E-state index in [1.165, 1.54) is 12.3 Å². The molecule has 5 rings (SSSR count). The number of halogens is 3. The number of carbonyl (C=O) groups is 2. The maximum atomic E-state index is 12.8. The van der Waals surface area contributed by atoms with E-state index in [0.29, 0.717) is 38.0 Å². The Morgan fingerprint density at radius 3 is 2.38 bits per heavy atom. The third kappa shape index (κ3) is 5.65. The standard InChI is InChI=1S/C26H27F3N8O2/c1-31-16-25(37-15-20(22(30)38)23(34-37)32-24(39)19-6-7-19)9-12-35(13-10-25)14-17-2-4-18(5-3-17)21-8-11-36(33-21)26(27,28)29/h2-5,8,11,15,19H,6-7,9-10,12-14,16H2,(H2,30,38)(H,32,34,39). The molecule has 1 saturated carbocycles. The summed E-state index contributed by atoms with van der Waals surface area (Å²) in [6.45, 7) is 9.63. The molecule has 2 fully saturated rings. The fraction of sp³-hybridized carbons (Fsp3) is 0.423. The van der Waals surface area contributed by atoms with E-state index in [-0.39, 0.29) is 40.1 Å². The van der Waals surface area contributed by atoms with Crippen LogP contribution in [-0.4, -0.2) is 55.9 Å². The molecule has 0 atom stereocenters. The highest BCUT2D eigenvalue weighted by Crippen LogP contribution is 2.34. The van der Waals surface area contributed by atoms with Crippen LogP contribution in [0.25, 0.3) is 16.1 Å². The zero-order valence-electron chi connectivity index (χ0n) is 21.0. The van der Waals surface area contributed by atoms with Gasteiger partial charge in [0.2, 0.25) is 12.5 Å². The van der Waals surface area contributed by atoms with Gasteiger partial charge in [0, 0.05) is 43.5 Å². The lowest BCUT2D eigenvalue weighted by atomic mass is 9.87. The van der Waals surface area contributed by atoms with Crippen molar-refractivity contribution < 1.29 is 22.8 Å². The van der Waals surface area contributed by atoms with Gasteiger partial charge in [0.05, 0.1) is 5.69 Å². The number of primary amides is 1. The van der Waals surface area contributed by atoms with Crippen LogP contribution in [0.3, 0.4) is 0 Å². The lowest BCUT2D eigenvalue weighted by Gasteiger charge is -2.38. The minimum Gasteiger partial charge on any atom is -0.365 e. The molecule has 0 spiro atoms. The van der Waals surface area contributed by atoms with Crippen LogP contribution in [0.1, 0.15) is 41.6 Å². The van der Waals surface area contributed by atoms with Gasteiger partial charge < -0.3 is 15.9 Å². The first-order valence-electron chi connectivity index (χ1n) is 12.6. The quantitative estimate of drug-likeness (QED) is 0.424. The Labute approximate surface area is 222 Å². The van der Waals surface area contributed by atoms with Gasteiger partial charge in [-0.1, -0.05) is 24.3 Å². The molecule has 3 N–H and O–H groups in total. The van der Waals surface area contributed by atoms with Crippen molar-refractivity contribution in [2.24, 2.45) is 11.7 Å². The summed E-state index contributed by atoms with van der Waals surface area (Å²) in [6.07, 6.45) is 0.671. The normalized spacial score (nSPS) is 17.5. The third-order valence-electron chi connectivity index (χ3n) is 7.32. The summed E-state index contributed by atoms with van der Waals surface area (Å²) in [6, 6.07) is 8.55. The van der Waals surface area contributed by atoms with E-state index < -0.39 is 17.7 Å². The number of hydrogen-bond acceptors (Lipinski definition) is 5. The van der Waals surface area contributed by atoms with Gasteiger partial charge in [0.1, 0.15) is 11.1 Å². The molecule has 0 bridgehead atoms. The predicted molar refractivity (Wildman–Crippen MR) is 135 cm³/mol. The van der Waals surface area contributed by atoms with Crippen molar-refractivity contribution in [3.8, 4) is 11.3 Å². The average Bonchev–Trinajstić information content (AvgIpc) is 3.46. The average molecular weight is 541 g/mol. The predicted octanol–water partition coefficient (Wildman–Crippen LogP) is 3.58. The Kier molecular flexibility index (Phi) is 6.90. The van der Waals surface area contributed by atoms with E-state index >= 15 is 0 Å². The van der Waals surface area contributed by atoms with Crippen molar-refractivity contribution in [1.29, 1.82) is 0 Å². The molecule has 3 heterocycles. The number of nitrogens with two attached hydrogens (primary N) is 1. The van der Waals surface area contributed by atoms with Crippen LogP contribution in [0.15, 0.2) is 42.7 Å². The number of benzene rings is 1. The molecule has 1 aliphatic heterocycles. The van der Waals surface area contributed by atoms with Crippen LogP contribution in [0, 0.1) is 12.5 Å². The maximum absolute atomic E-state index is 12.8. The van der Waals surface area contributed by atoms with Crippen LogP contribution < -0.4 is 11.1 Å². The first kappa shape index (κ1) is 26.4. The fourth-order valence-corrected chi connectivity index (χ4v) is 4.85. The molecular formula is C26H27F3N8O2. The molecule has 10 nitrogen and oxygen atoms in total.